The molecule has 1 aromatic carbocycles. The molecule has 0 aromatic heterocycles. The second-order valence-electron chi connectivity index (χ2n) is 2.66. The van der Waals surface area contributed by atoms with E-state index < -0.39 is 5.97 Å². The molecule has 0 saturated heterocycles. The number of hydrogen-bond donors (Lipinski definition) is 1. The van der Waals surface area contributed by atoms with Gasteiger partial charge in [0.1, 0.15) is 0 Å². The van der Waals surface area contributed by atoms with Crippen LogP contribution in [-0.4, -0.2) is 23.8 Å². The lowest BCUT2D eigenvalue weighted by molar-refractivity contribution is 0.0696. The highest BCUT2D eigenvalue weighted by molar-refractivity contribution is 6.07. The second kappa shape index (κ2) is 3.85. The molecule has 0 radical (unpaired) electrons. The van der Waals surface area contributed by atoms with Gasteiger partial charge in [-0.25, -0.2) is 4.79 Å². The quantitative estimate of drug-likeness (QED) is 0.700. The van der Waals surface area contributed by atoms with E-state index in [-0.39, 0.29) is 0 Å². The molecule has 0 atom stereocenters. The minimum absolute atomic E-state index is 0.297. The van der Waals surface area contributed by atoms with Gasteiger partial charge < -0.3 is 5.11 Å². The van der Waals surface area contributed by atoms with Gasteiger partial charge >= 0.3 is 5.97 Å². The van der Waals surface area contributed by atoms with E-state index >= 15 is 0 Å². The summed E-state index contributed by atoms with van der Waals surface area (Å²) in [6.07, 6.45) is 0. The zero-order valence-electron chi connectivity index (χ0n) is 7.61. The van der Waals surface area contributed by atoms with Crippen LogP contribution in [0.1, 0.15) is 22.8 Å². The first-order chi connectivity index (χ1) is 6.16. The van der Waals surface area contributed by atoms with E-state index in [9.17, 15) is 4.79 Å². The summed E-state index contributed by atoms with van der Waals surface area (Å²) in [4.78, 5) is 14.7. The summed E-state index contributed by atoms with van der Waals surface area (Å²) in [6, 6.07) is 6.84. The van der Waals surface area contributed by atoms with Gasteiger partial charge in [0.15, 0.2) is 0 Å². The van der Waals surface area contributed by atoms with Gasteiger partial charge in [-0.15, -0.1) is 0 Å². The van der Waals surface area contributed by atoms with E-state index in [4.69, 9.17) is 5.11 Å². The predicted octanol–water partition coefficient (Wildman–Crippen LogP) is 1.82. The maximum Gasteiger partial charge on any atom is 0.336 e. The van der Waals surface area contributed by atoms with Crippen LogP contribution < -0.4 is 0 Å². The van der Waals surface area contributed by atoms with Crippen molar-refractivity contribution >= 4 is 11.7 Å². The first-order valence-corrected chi connectivity index (χ1v) is 3.93. The summed E-state index contributed by atoms with van der Waals surface area (Å²) >= 11 is 0. The van der Waals surface area contributed by atoms with Crippen molar-refractivity contribution in [3.8, 4) is 0 Å². The Hall–Kier alpha value is -1.64. The van der Waals surface area contributed by atoms with Crippen molar-refractivity contribution in [3.63, 3.8) is 0 Å². The SMILES string of the molecule is C/N=C(\C)c1ccccc1C(=O)O. The average Bonchev–Trinajstić information content (AvgIpc) is 2.16. The molecule has 0 fully saturated rings. The Bertz CT molecular complexity index is 356. The standard InChI is InChI=1S/C10H11NO2/c1-7(11-2)8-5-3-4-6-9(8)10(12)13/h3-6H,1-2H3,(H,12,13)/b11-7+. The summed E-state index contributed by atoms with van der Waals surface area (Å²) in [5, 5.41) is 8.86. The molecule has 0 heterocycles. The highest BCUT2D eigenvalue weighted by Gasteiger charge is 2.09. The molecule has 0 aliphatic carbocycles. The third kappa shape index (κ3) is 1.93. The van der Waals surface area contributed by atoms with Crippen molar-refractivity contribution in [3.05, 3.63) is 35.4 Å². The first kappa shape index (κ1) is 9.45. The Morgan fingerprint density at radius 1 is 1.31 bits per heavy atom. The monoisotopic (exact) mass is 177 g/mol. The van der Waals surface area contributed by atoms with Gasteiger partial charge in [-0.05, 0) is 13.0 Å². The molecule has 13 heavy (non-hydrogen) atoms. The lowest BCUT2D eigenvalue weighted by Crippen LogP contribution is -2.06. The third-order valence-corrected chi connectivity index (χ3v) is 1.88. The fraction of sp³-hybridized carbons (Fsp3) is 0.200. The highest BCUT2D eigenvalue weighted by atomic mass is 16.4. The van der Waals surface area contributed by atoms with E-state index in [0.717, 1.165) is 5.71 Å². The largest absolute Gasteiger partial charge is 0.478 e. The average molecular weight is 177 g/mol. The summed E-state index contributed by atoms with van der Waals surface area (Å²) in [7, 11) is 1.65. The van der Waals surface area contributed by atoms with Crippen LogP contribution in [0, 0.1) is 0 Å². The van der Waals surface area contributed by atoms with Crippen LogP contribution in [0.5, 0.6) is 0 Å². The molecule has 1 N–H and O–H groups in total. The second-order valence-corrected chi connectivity index (χ2v) is 2.66. The van der Waals surface area contributed by atoms with E-state index in [0.29, 0.717) is 11.1 Å². The zero-order valence-corrected chi connectivity index (χ0v) is 7.61. The van der Waals surface area contributed by atoms with Crippen LogP contribution in [0.3, 0.4) is 0 Å². The minimum Gasteiger partial charge on any atom is -0.478 e. The maximum absolute atomic E-state index is 10.8. The smallest absolute Gasteiger partial charge is 0.336 e. The lowest BCUT2D eigenvalue weighted by Gasteiger charge is -2.03. The summed E-state index contributed by atoms with van der Waals surface area (Å²) < 4.78 is 0. The Labute approximate surface area is 76.7 Å². The lowest BCUT2D eigenvalue weighted by atomic mass is 10.0. The normalized spacial score (nSPS) is 11.4. The fourth-order valence-corrected chi connectivity index (χ4v) is 1.11. The molecular weight excluding hydrogens is 166 g/mol. The Kier molecular flexibility index (Phi) is 2.80. The molecule has 0 aliphatic heterocycles. The van der Waals surface area contributed by atoms with E-state index in [1.807, 2.05) is 0 Å². The van der Waals surface area contributed by atoms with Crippen LogP contribution in [0.2, 0.25) is 0 Å². The van der Waals surface area contributed by atoms with Gasteiger partial charge in [0.2, 0.25) is 0 Å². The van der Waals surface area contributed by atoms with Crippen molar-refractivity contribution in [2.75, 3.05) is 7.05 Å². The van der Waals surface area contributed by atoms with Crippen LogP contribution in [0.15, 0.2) is 29.3 Å². The van der Waals surface area contributed by atoms with Gasteiger partial charge in [0, 0.05) is 18.3 Å². The van der Waals surface area contributed by atoms with Crippen LogP contribution in [0.25, 0.3) is 0 Å². The fourth-order valence-electron chi connectivity index (χ4n) is 1.11. The number of aliphatic imine (C=N–C) groups is 1. The number of carbonyl (C=O) groups is 1. The number of aromatic carboxylic acids is 1. The molecule has 3 heteroatoms. The number of nitrogens with zero attached hydrogens (tertiary/aromatic N) is 1. The first-order valence-electron chi connectivity index (χ1n) is 3.93. The van der Waals surface area contributed by atoms with Crippen LogP contribution >= 0.6 is 0 Å². The van der Waals surface area contributed by atoms with E-state index in [2.05, 4.69) is 4.99 Å². The van der Waals surface area contributed by atoms with Crippen LogP contribution in [0.4, 0.5) is 0 Å². The van der Waals surface area contributed by atoms with Crippen molar-refractivity contribution in [1.82, 2.24) is 0 Å². The molecular formula is C10H11NO2. The van der Waals surface area contributed by atoms with Gasteiger partial charge in [-0.1, -0.05) is 18.2 Å². The molecule has 3 nitrogen and oxygen atoms in total. The zero-order chi connectivity index (χ0) is 9.84. The molecule has 0 spiro atoms. The molecule has 0 amide bonds. The number of rotatable bonds is 2. The Balaban J connectivity index is 3.28. The van der Waals surface area contributed by atoms with Crippen molar-refractivity contribution < 1.29 is 9.90 Å². The van der Waals surface area contributed by atoms with Crippen molar-refractivity contribution in [1.29, 1.82) is 0 Å². The number of benzene rings is 1. The van der Waals surface area contributed by atoms with Gasteiger partial charge in [0.05, 0.1) is 5.56 Å². The Morgan fingerprint density at radius 3 is 2.31 bits per heavy atom. The van der Waals surface area contributed by atoms with Gasteiger partial charge in [-0.3, -0.25) is 4.99 Å². The summed E-state index contributed by atoms with van der Waals surface area (Å²) in [6.45, 7) is 1.79. The highest BCUT2D eigenvalue weighted by Crippen LogP contribution is 2.09. The number of carboxylic acids is 1. The third-order valence-electron chi connectivity index (χ3n) is 1.88. The minimum atomic E-state index is -0.918. The predicted molar refractivity (Wildman–Crippen MR) is 51.5 cm³/mol. The number of hydrogen-bond acceptors (Lipinski definition) is 2. The van der Waals surface area contributed by atoms with Gasteiger partial charge in [-0.2, -0.15) is 0 Å². The maximum atomic E-state index is 10.8. The van der Waals surface area contributed by atoms with Crippen molar-refractivity contribution in [2.45, 2.75) is 6.92 Å². The van der Waals surface area contributed by atoms with Crippen molar-refractivity contribution in [2.24, 2.45) is 4.99 Å². The molecule has 1 aromatic rings. The molecule has 0 bridgehead atoms. The number of carboxylic acid groups (broad SMARTS) is 1. The topological polar surface area (TPSA) is 49.7 Å². The van der Waals surface area contributed by atoms with Crippen LogP contribution in [-0.2, 0) is 0 Å². The Morgan fingerprint density at radius 2 is 1.85 bits per heavy atom. The molecule has 0 saturated carbocycles. The van der Waals surface area contributed by atoms with E-state index in [1.165, 1.54) is 0 Å². The molecule has 0 aliphatic rings. The molecule has 1 rings (SSSR count). The molecule has 0 unspecified atom stereocenters. The van der Waals surface area contributed by atoms with E-state index in [1.54, 1.807) is 38.2 Å². The van der Waals surface area contributed by atoms with Gasteiger partial charge in [0.25, 0.3) is 0 Å². The summed E-state index contributed by atoms with van der Waals surface area (Å²) in [5.41, 5.74) is 1.71. The molecule has 68 valence electrons. The summed E-state index contributed by atoms with van der Waals surface area (Å²) in [5.74, 6) is -0.918.